The minimum atomic E-state index is -0.315. The number of rotatable bonds is 7. The number of benzene rings is 1. The Hall–Kier alpha value is -3.21. The van der Waals surface area contributed by atoms with E-state index in [-0.39, 0.29) is 30.2 Å². The predicted octanol–water partition coefficient (Wildman–Crippen LogP) is 2.82. The summed E-state index contributed by atoms with van der Waals surface area (Å²) in [6.45, 7) is 2.27. The zero-order valence-corrected chi connectivity index (χ0v) is 19.7. The SMILES string of the molecule is COc1ccc(CN2C(=O)/C(=C\c3c(NCCO)nc4c(C)cccn4c3=O)SC2=S)cc1. The van der Waals surface area contributed by atoms with Crippen molar-refractivity contribution in [1.29, 1.82) is 0 Å². The van der Waals surface area contributed by atoms with Crippen LogP contribution in [0, 0.1) is 6.92 Å². The second kappa shape index (κ2) is 9.74. The number of nitrogens with one attached hydrogen (secondary N) is 1. The van der Waals surface area contributed by atoms with Crippen molar-refractivity contribution in [3.8, 4) is 5.75 Å². The van der Waals surface area contributed by atoms with Crippen molar-refractivity contribution >= 4 is 51.7 Å². The molecule has 10 heteroatoms. The first-order valence-corrected chi connectivity index (χ1v) is 11.4. The highest BCUT2D eigenvalue weighted by atomic mass is 32.2. The number of aliphatic hydroxyl groups is 1. The minimum Gasteiger partial charge on any atom is -0.497 e. The number of hydrogen-bond acceptors (Lipinski definition) is 8. The molecule has 1 aliphatic heterocycles. The summed E-state index contributed by atoms with van der Waals surface area (Å²) in [6, 6.07) is 11.0. The number of thioether (sulfide) groups is 1. The molecular formula is C23H22N4O4S2. The summed E-state index contributed by atoms with van der Waals surface area (Å²) < 4.78 is 7.04. The number of aromatic nitrogens is 2. The lowest BCUT2D eigenvalue weighted by Crippen LogP contribution is -2.27. The smallest absolute Gasteiger partial charge is 0.267 e. The van der Waals surface area contributed by atoms with Crippen molar-refractivity contribution in [2.24, 2.45) is 0 Å². The van der Waals surface area contributed by atoms with E-state index in [9.17, 15) is 14.7 Å². The zero-order valence-electron chi connectivity index (χ0n) is 18.1. The Morgan fingerprint density at radius 3 is 2.70 bits per heavy atom. The summed E-state index contributed by atoms with van der Waals surface area (Å²) >= 11 is 6.59. The van der Waals surface area contributed by atoms with Gasteiger partial charge in [-0.1, -0.05) is 42.2 Å². The Balaban J connectivity index is 1.71. The van der Waals surface area contributed by atoms with Gasteiger partial charge in [0.15, 0.2) is 0 Å². The Kier molecular flexibility index (Phi) is 6.77. The molecule has 3 aromatic rings. The van der Waals surface area contributed by atoms with Crippen molar-refractivity contribution in [2.45, 2.75) is 13.5 Å². The molecule has 0 aliphatic carbocycles. The van der Waals surface area contributed by atoms with Crippen LogP contribution in [0.4, 0.5) is 5.82 Å². The van der Waals surface area contributed by atoms with Gasteiger partial charge in [0.25, 0.3) is 11.5 Å². The Bertz CT molecular complexity index is 1320. The summed E-state index contributed by atoms with van der Waals surface area (Å²) in [6.07, 6.45) is 3.16. The number of amides is 1. The molecule has 3 heterocycles. The van der Waals surface area contributed by atoms with E-state index < -0.39 is 0 Å². The molecule has 0 bridgehead atoms. The van der Waals surface area contributed by atoms with Crippen molar-refractivity contribution in [3.63, 3.8) is 0 Å². The van der Waals surface area contributed by atoms with E-state index in [1.807, 2.05) is 37.3 Å². The Morgan fingerprint density at radius 2 is 2.00 bits per heavy atom. The fraction of sp³-hybridized carbons (Fsp3) is 0.217. The van der Waals surface area contributed by atoms with Crippen LogP contribution in [0.2, 0.25) is 0 Å². The molecule has 0 spiro atoms. The molecule has 1 amide bonds. The number of thiocarbonyl (C=S) groups is 1. The molecule has 170 valence electrons. The van der Waals surface area contributed by atoms with Gasteiger partial charge in [0, 0.05) is 12.7 Å². The zero-order chi connectivity index (χ0) is 23.5. The van der Waals surface area contributed by atoms with Crippen molar-refractivity contribution in [2.75, 3.05) is 25.6 Å². The van der Waals surface area contributed by atoms with E-state index in [1.54, 1.807) is 19.4 Å². The van der Waals surface area contributed by atoms with Crippen molar-refractivity contribution in [3.05, 3.63) is 74.5 Å². The normalized spacial score (nSPS) is 15.0. The first kappa shape index (κ1) is 23.0. The first-order valence-electron chi connectivity index (χ1n) is 10.2. The number of carbonyl (C=O) groups excluding carboxylic acids is 1. The van der Waals surface area contributed by atoms with Crippen LogP contribution in [0.15, 0.2) is 52.3 Å². The van der Waals surface area contributed by atoms with Crippen LogP contribution in [-0.4, -0.2) is 49.9 Å². The lowest BCUT2D eigenvalue weighted by atomic mass is 10.2. The molecule has 8 nitrogen and oxygen atoms in total. The van der Waals surface area contributed by atoms with E-state index in [4.69, 9.17) is 17.0 Å². The van der Waals surface area contributed by atoms with Gasteiger partial charge >= 0.3 is 0 Å². The quantitative estimate of drug-likeness (QED) is 0.392. The number of aryl methyl sites for hydroxylation is 1. The van der Waals surface area contributed by atoms with Crippen LogP contribution in [0.5, 0.6) is 5.75 Å². The largest absolute Gasteiger partial charge is 0.497 e. The lowest BCUT2D eigenvalue weighted by Gasteiger charge is -2.14. The third-order valence-corrected chi connectivity index (χ3v) is 6.52. The van der Waals surface area contributed by atoms with Gasteiger partial charge in [0.1, 0.15) is 21.5 Å². The molecule has 0 radical (unpaired) electrons. The number of anilines is 1. The van der Waals surface area contributed by atoms with Crippen LogP contribution in [0.25, 0.3) is 11.7 Å². The number of methoxy groups -OCH3 is 1. The maximum absolute atomic E-state index is 13.3. The summed E-state index contributed by atoms with van der Waals surface area (Å²) in [5, 5.41) is 12.2. The van der Waals surface area contributed by atoms with E-state index in [0.29, 0.717) is 27.2 Å². The van der Waals surface area contributed by atoms with Gasteiger partial charge in [0.05, 0.1) is 30.7 Å². The minimum absolute atomic E-state index is 0.127. The molecule has 2 aromatic heterocycles. The molecule has 2 N–H and O–H groups in total. The van der Waals surface area contributed by atoms with Crippen LogP contribution >= 0.6 is 24.0 Å². The number of fused-ring (bicyclic) bond motifs is 1. The highest BCUT2D eigenvalue weighted by Crippen LogP contribution is 2.34. The van der Waals surface area contributed by atoms with Gasteiger partial charge in [-0.05, 0) is 42.3 Å². The number of aliphatic hydroxyl groups excluding tert-OH is 1. The van der Waals surface area contributed by atoms with Gasteiger partial charge in [-0.3, -0.25) is 18.9 Å². The Morgan fingerprint density at radius 1 is 1.24 bits per heavy atom. The van der Waals surface area contributed by atoms with Crippen molar-refractivity contribution in [1.82, 2.24) is 14.3 Å². The second-order valence-electron chi connectivity index (χ2n) is 7.33. The summed E-state index contributed by atoms with van der Waals surface area (Å²) in [5.74, 6) is 0.762. The number of pyridine rings is 1. The monoisotopic (exact) mass is 482 g/mol. The number of carbonyl (C=O) groups is 1. The lowest BCUT2D eigenvalue weighted by molar-refractivity contribution is -0.122. The molecule has 4 rings (SSSR count). The maximum Gasteiger partial charge on any atom is 0.267 e. The van der Waals surface area contributed by atoms with Crippen LogP contribution in [-0.2, 0) is 11.3 Å². The molecule has 1 fully saturated rings. The molecule has 1 aromatic carbocycles. The molecule has 1 aliphatic rings. The third kappa shape index (κ3) is 4.63. The van der Waals surface area contributed by atoms with Gasteiger partial charge in [-0.15, -0.1) is 0 Å². The van der Waals surface area contributed by atoms with E-state index >= 15 is 0 Å². The molecule has 33 heavy (non-hydrogen) atoms. The second-order valence-corrected chi connectivity index (χ2v) is 9.01. The average Bonchev–Trinajstić information content (AvgIpc) is 3.08. The van der Waals surface area contributed by atoms with Crippen molar-refractivity contribution < 1.29 is 14.6 Å². The average molecular weight is 483 g/mol. The van der Waals surface area contributed by atoms with Crippen LogP contribution in [0.1, 0.15) is 16.7 Å². The molecule has 0 atom stereocenters. The highest BCUT2D eigenvalue weighted by Gasteiger charge is 2.32. The van der Waals surface area contributed by atoms with E-state index in [1.165, 1.54) is 15.4 Å². The Labute approximate surface area is 199 Å². The van der Waals surface area contributed by atoms with Gasteiger partial charge in [0.2, 0.25) is 0 Å². The standard InChI is InChI=1S/C23H22N4O4S2/c1-14-4-3-10-26-20(14)25-19(24-9-11-28)17(21(26)29)12-18-22(30)27(23(32)33-18)13-15-5-7-16(31-2)8-6-15/h3-8,10,12,24,28H,9,11,13H2,1-2H3/b18-12+. The van der Waals surface area contributed by atoms with Gasteiger partial charge in [-0.25, -0.2) is 4.98 Å². The van der Waals surface area contributed by atoms with Gasteiger partial charge in [-0.2, -0.15) is 0 Å². The van der Waals surface area contributed by atoms with E-state index in [0.717, 1.165) is 28.6 Å². The number of nitrogens with zero attached hydrogens (tertiary/aromatic N) is 3. The maximum atomic E-state index is 13.3. The van der Waals surface area contributed by atoms with Crippen LogP contribution in [0.3, 0.4) is 0 Å². The molecular weight excluding hydrogens is 460 g/mol. The van der Waals surface area contributed by atoms with E-state index in [2.05, 4.69) is 10.3 Å². The van der Waals surface area contributed by atoms with Gasteiger partial charge < -0.3 is 15.2 Å². The fourth-order valence-corrected chi connectivity index (χ4v) is 4.67. The highest BCUT2D eigenvalue weighted by molar-refractivity contribution is 8.26. The summed E-state index contributed by atoms with van der Waals surface area (Å²) in [4.78, 5) is 32.8. The first-order chi connectivity index (χ1) is 15.9. The topological polar surface area (TPSA) is 96.2 Å². The number of hydrogen-bond donors (Lipinski definition) is 2. The molecule has 0 unspecified atom stereocenters. The summed E-state index contributed by atoms with van der Waals surface area (Å²) in [5.41, 5.74) is 2.16. The summed E-state index contributed by atoms with van der Waals surface area (Å²) in [7, 11) is 1.59. The number of ether oxygens (including phenoxy) is 1. The van der Waals surface area contributed by atoms with Crippen LogP contribution < -0.4 is 15.6 Å². The predicted molar refractivity (Wildman–Crippen MR) is 133 cm³/mol. The fourth-order valence-electron chi connectivity index (χ4n) is 3.43. The molecule has 0 saturated carbocycles. The third-order valence-electron chi connectivity index (χ3n) is 5.14. The molecule has 1 saturated heterocycles.